The number of aromatic nitrogens is 4. The van der Waals surface area contributed by atoms with Gasteiger partial charge in [0, 0.05) is 17.0 Å². The first kappa shape index (κ1) is 30.2. The van der Waals surface area contributed by atoms with Crippen LogP contribution in [-0.2, 0) is 4.74 Å². The number of nitrogens with zero attached hydrogens (tertiary/aromatic N) is 3. The van der Waals surface area contributed by atoms with Crippen LogP contribution in [-0.4, -0.2) is 57.1 Å². The zero-order valence-corrected chi connectivity index (χ0v) is 23.7. The maximum atomic E-state index is 14.0. The number of ketones is 1. The normalized spacial score (nSPS) is 11.1. The lowest BCUT2D eigenvalue weighted by Crippen LogP contribution is -2.16. The average Bonchev–Trinajstić information content (AvgIpc) is 3.58. The van der Waals surface area contributed by atoms with Crippen molar-refractivity contribution in [3.8, 4) is 23.1 Å². The van der Waals surface area contributed by atoms with Crippen LogP contribution in [0.25, 0.3) is 16.6 Å². The minimum absolute atomic E-state index is 0.0128. The Morgan fingerprint density at radius 1 is 1.14 bits per heavy atom. The molecule has 0 bridgehead atoms. The van der Waals surface area contributed by atoms with E-state index in [0.717, 1.165) is 0 Å². The van der Waals surface area contributed by atoms with E-state index in [9.17, 15) is 22.8 Å². The first-order valence-corrected chi connectivity index (χ1v) is 13.5. The number of aryl methyl sites for hydroxylation is 1. The summed E-state index contributed by atoms with van der Waals surface area (Å²) in [4.78, 5) is 32.7. The van der Waals surface area contributed by atoms with Gasteiger partial charge in [-0.3, -0.25) is 10.1 Å². The smallest absolute Gasteiger partial charge is 0.411 e. The summed E-state index contributed by atoms with van der Waals surface area (Å²) < 4.78 is 56.6. The highest BCUT2D eigenvalue weighted by atomic mass is 35.5. The summed E-state index contributed by atoms with van der Waals surface area (Å²) in [5, 5.41) is 7.12. The number of nitrogen functional groups attached to an aromatic ring is 1. The molecule has 0 aliphatic carbocycles. The Kier molecular flexibility index (Phi) is 8.90. The fourth-order valence-electron chi connectivity index (χ4n) is 4.24. The number of pyridine rings is 1. The summed E-state index contributed by atoms with van der Waals surface area (Å²) in [6.45, 7) is 0.754. The third kappa shape index (κ3) is 6.54. The van der Waals surface area contributed by atoms with Crippen LogP contribution in [0, 0.1) is 12.7 Å². The van der Waals surface area contributed by atoms with Gasteiger partial charge in [-0.1, -0.05) is 12.1 Å². The number of anilines is 2. The second-order valence-corrected chi connectivity index (χ2v) is 9.67. The number of ether oxygens (including phenoxy) is 3. The van der Waals surface area contributed by atoms with E-state index < -0.39 is 30.7 Å². The highest BCUT2D eigenvalue weighted by Gasteiger charge is 2.22. The molecule has 44 heavy (non-hydrogen) atoms. The Hall–Kier alpha value is -5.24. The predicted molar refractivity (Wildman–Crippen MR) is 156 cm³/mol. The van der Waals surface area contributed by atoms with Crippen molar-refractivity contribution in [1.82, 2.24) is 19.7 Å². The second-order valence-electron chi connectivity index (χ2n) is 9.30. The zero-order valence-electron chi connectivity index (χ0n) is 22.9. The highest BCUT2D eigenvalue weighted by Crippen LogP contribution is 2.33. The van der Waals surface area contributed by atoms with Gasteiger partial charge in [-0.25, -0.2) is 27.6 Å². The fourth-order valence-corrected chi connectivity index (χ4v) is 4.32. The van der Waals surface area contributed by atoms with Gasteiger partial charge in [0.15, 0.2) is 11.6 Å². The van der Waals surface area contributed by atoms with Crippen LogP contribution in [0.2, 0.25) is 0 Å². The van der Waals surface area contributed by atoms with E-state index in [1.807, 2.05) is 0 Å². The monoisotopic (exact) mass is 628 g/mol. The molecule has 228 valence electrons. The van der Waals surface area contributed by atoms with Crippen LogP contribution in [0.15, 0.2) is 60.9 Å². The molecule has 3 heterocycles. The lowest BCUT2D eigenvalue weighted by Gasteiger charge is -2.12. The van der Waals surface area contributed by atoms with Gasteiger partial charge in [-0.2, -0.15) is 5.10 Å². The number of rotatable bonds is 11. The van der Waals surface area contributed by atoms with Crippen molar-refractivity contribution in [1.29, 1.82) is 0 Å². The third-order valence-electron chi connectivity index (χ3n) is 6.27. The van der Waals surface area contributed by atoms with Crippen molar-refractivity contribution in [2.75, 3.05) is 30.1 Å². The number of benzene rings is 2. The summed E-state index contributed by atoms with van der Waals surface area (Å²) in [5.74, 6) is -0.868. The number of amides is 1. The van der Waals surface area contributed by atoms with Crippen molar-refractivity contribution < 1.29 is 37.0 Å². The molecule has 2 aromatic carbocycles. The van der Waals surface area contributed by atoms with Gasteiger partial charge in [0.25, 0.3) is 6.43 Å². The summed E-state index contributed by atoms with van der Waals surface area (Å²) >= 11 is 5.53. The molecule has 15 heteroatoms. The lowest BCUT2D eigenvalue weighted by atomic mass is 10.1. The van der Waals surface area contributed by atoms with Crippen LogP contribution >= 0.6 is 11.6 Å². The first-order chi connectivity index (χ1) is 21.1. The zero-order chi connectivity index (χ0) is 31.4. The molecule has 3 aromatic heterocycles. The SMILES string of the molecule is Cc1cc(Oc2ccccc2F)ncc1-n1ncc(C(=O)c2cc3cc(OCC(F)F)c(NC(=O)OCCCl)cc3[nH]2)c1N. The van der Waals surface area contributed by atoms with E-state index >= 15 is 0 Å². The number of carbonyl (C=O) groups is 2. The summed E-state index contributed by atoms with van der Waals surface area (Å²) in [6, 6.07) is 11.8. The molecule has 0 aliphatic rings. The molecule has 0 radical (unpaired) electrons. The van der Waals surface area contributed by atoms with Gasteiger partial charge in [0.1, 0.15) is 24.8 Å². The molecule has 11 nitrogen and oxygen atoms in total. The third-order valence-corrected chi connectivity index (χ3v) is 6.42. The molecule has 0 atom stereocenters. The molecule has 0 fully saturated rings. The average molecular weight is 629 g/mol. The molecular weight excluding hydrogens is 605 g/mol. The van der Waals surface area contributed by atoms with Gasteiger partial charge in [0.2, 0.25) is 11.7 Å². The molecule has 5 rings (SSSR count). The number of hydrogen-bond donors (Lipinski definition) is 3. The highest BCUT2D eigenvalue weighted by molar-refractivity contribution is 6.18. The van der Waals surface area contributed by atoms with Gasteiger partial charge in [-0.05, 0) is 42.8 Å². The number of H-pyrrole nitrogens is 1. The minimum atomic E-state index is -2.76. The van der Waals surface area contributed by atoms with E-state index in [2.05, 4.69) is 20.4 Å². The van der Waals surface area contributed by atoms with Gasteiger partial charge in [-0.15, -0.1) is 11.6 Å². The van der Waals surface area contributed by atoms with Crippen molar-refractivity contribution in [2.45, 2.75) is 13.3 Å². The van der Waals surface area contributed by atoms with Crippen molar-refractivity contribution in [3.63, 3.8) is 0 Å². The van der Waals surface area contributed by atoms with Gasteiger partial charge >= 0.3 is 6.09 Å². The number of alkyl halides is 3. The summed E-state index contributed by atoms with van der Waals surface area (Å²) in [6.07, 6.45) is -0.908. The molecular formula is C29H24ClF3N6O5. The predicted octanol–water partition coefficient (Wildman–Crippen LogP) is 6.23. The standard InChI is InChI=1S/C29H24ClF3N6O5/c1-15-8-26(44-23-5-3-2-4-18(23)31)35-13-22(15)39-28(34)17(12-36-39)27(40)21-9-16-10-24(43-14-25(32)33)20(11-19(16)37-21)38-29(41)42-7-6-30/h2-5,8-13,25,37H,6-7,14,34H2,1H3,(H,38,41). The topological polar surface area (TPSA) is 146 Å². The number of carbonyl (C=O) groups excluding carboxylic acids is 2. The van der Waals surface area contributed by atoms with Gasteiger partial charge in [0.05, 0.1) is 40.9 Å². The molecule has 0 saturated carbocycles. The summed E-state index contributed by atoms with van der Waals surface area (Å²) in [7, 11) is 0. The summed E-state index contributed by atoms with van der Waals surface area (Å²) in [5.41, 5.74) is 8.02. The number of para-hydroxylation sites is 1. The number of nitrogens with one attached hydrogen (secondary N) is 2. The Morgan fingerprint density at radius 2 is 1.93 bits per heavy atom. The van der Waals surface area contributed by atoms with Crippen LogP contribution in [0.1, 0.15) is 21.6 Å². The van der Waals surface area contributed by atoms with E-state index in [1.165, 1.54) is 47.4 Å². The fraction of sp³-hybridized carbons (Fsp3) is 0.172. The minimum Gasteiger partial charge on any atom is -0.485 e. The van der Waals surface area contributed by atoms with Crippen molar-refractivity contribution in [3.05, 3.63) is 83.6 Å². The molecule has 0 spiro atoms. The molecule has 4 N–H and O–H groups in total. The van der Waals surface area contributed by atoms with E-state index in [-0.39, 0.29) is 52.6 Å². The van der Waals surface area contributed by atoms with Crippen LogP contribution < -0.4 is 20.5 Å². The Morgan fingerprint density at radius 3 is 2.66 bits per heavy atom. The lowest BCUT2D eigenvalue weighted by molar-refractivity contribution is 0.0823. The maximum absolute atomic E-state index is 14.0. The quantitative estimate of drug-likeness (QED) is 0.115. The van der Waals surface area contributed by atoms with E-state index in [1.54, 1.807) is 25.1 Å². The van der Waals surface area contributed by atoms with Crippen molar-refractivity contribution in [2.24, 2.45) is 0 Å². The van der Waals surface area contributed by atoms with Crippen LogP contribution in [0.4, 0.5) is 29.5 Å². The molecule has 0 saturated heterocycles. The van der Waals surface area contributed by atoms with Crippen LogP contribution in [0.5, 0.6) is 17.4 Å². The maximum Gasteiger partial charge on any atom is 0.411 e. The Labute approximate surface area is 252 Å². The molecule has 0 aliphatic heterocycles. The number of halogens is 4. The van der Waals surface area contributed by atoms with E-state index in [4.69, 9.17) is 31.5 Å². The Balaban J connectivity index is 1.41. The van der Waals surface area contributed by atoms with Gasteiger partial charge < -0.3 is 24.9 Å². The van der Waals surface area contributed by atoms with E-state index in [0.29, 0.717) is 22.2 Å². The first-order valence-electron chi connectivity index (χ1n) is 13.0. The Bertz CT molecular complexity index is 1840. The number of nitrogens with two attached hydrogens (primary N) is 1. The molecule has 5 aromatic rings. The number of hydrogen-bond acceptors (Lipinski definition) is 8. The molecule has 0 unspecified atom stereocenters. The second kappa shape index (κ2) is 13.0. The number of fused-ring (bicyclic) bond motifs is 1. The largest absolute Gasteiger partial charge is 0.485 e. The molecule has 1 amide bonds. The van der Waals surface area contributed by atoms with Crippen molar-refractivity contribution >= 4 is 45.9 Å². The van der Waals surface area contributed by atoms with Crippen LogP contribution in [0.3, 0.4) is 0 Å². The number of aromatic amines is 1.